The number of nitrogens with zero attached hydrogens (tertiary/aromatic N) is 2. The summed E-state index contributed by atoms with van der Waals surface area (Å²) in [5, 5.41) is 21.2. The van der Waals surface area contributed by atoms with Crippen LogP contribution >= 0.6 is 0 Å². The van der Waals surface area contributed by atoms with Crippen molar-refractivity contribution in [2.75, 3.05) is 13.2 Å². The fourth-order valence-electron chi connectivity index (χ4n) is 1.68. The van der Waals surface area contributed by atoms with Gasteiger partial charge in [-0.05, 0) is 11.6 Å². The van der Waals surface area contributed by atoms with E-state index in [1.165, 1.54) is 17.2 Å². The van der Waals surface area contributed by atoms with Crippen LogP contribution in [0.1, 0.15) is 5.56 Å². The van der Waals surface area contributed by atoms with Gasteiger partial charge in [0.25, 0.3) is 5.69 Å². The van der Waals surface area contributed by atoms with Crippen LogP contribution in [0.3, 0.4) is 0 Å². The molecule has 1 heterocycles. The van der Waals surface area contributed by atoms with Gasteiger partial charge in [0.1, 0.15) is 5.82 Å². The van der Waals surface area contributed by atoms with E-state index >= 15 is 0 Å². The lowest BCUT2D eigenvalue weighted by atomic mass is 10.2. The summed E-state index contributed by atoms with van der Waals surface area (Å²) in [5.41, 5.74) is 0.144. The van der Waals surface area contributed by atoms with Crippen LogP contribution < -0.4 is 0 Å². The topological polar surface area (TPSA) is 75.8 Å². The molecule has 0 bridgehead atoms. The number of hydrogen-bond donors (Lipinski definition) is 1. The molecule has 0 aromatic heterocycles. The van der Waals surface area contributed by atoms with Crippen LogP contribution in [0.2, 0.25) is 0 Å². The number of benzene rings is 1. The summed E-state index contributed by atoms with van der Waals surface area (Å²) < 4.78 is 13.1. The third-order valence-electron chi connectivity index (χ3n) is 2.38. The van der Waals surface area contributed by atoms with Gasteiger partial charge in [0, 0.05) is 12.6 Å². The molecule has 1 aromatic rings. The molecule has 17 heavy (non-hydrogen) atoms. The molecule has 6 nitrogen and oxygen atoms in total. The Bertz CT molecular complexity index is 440. The minimum Gasteiger partial charge on any atom is -0.389 e. The lowest BCUT2D eigenvalue weighted by molar-refractivity contribution is -0.385. The molecule has 0 unspecified atom stereocenters. The van der Waals surface area contributed by atoms with Crippen molar-refractivity contribution in [2.45, 2.75) is 12.6 Å². The maximum absolute atomic E-state index is 13.1. The van der Waals surface area contributed by atoms with Gasteiger partial charge in [0.05, 0.1) is 30.2 Å². The molecule has 1 saturated heterocycles. The van der Waals surface area contributed by atoms with Crippen molar-refractivity contribution in [1.82, 2.24) is 5.06 Å². The molecule has 0 amide bonds. The van der Waals surface area contributed by atoms with Gasteiger partial charge in [0.2, 0.25) is 0 Å². The molecule has 0 aliphatic carbocycles. The van der Waals surface area contributed by atoms with Crippen molar-refractivity contribution in [3.63, 3.8) is 0 Å². The zero-order valence-corrected chi connectivity index (χ0v) is 8.88. The molecule has 1 N–H and O–H groups in total. The van der Waals surface area contributed by atoms with E-state index in [1.807, 2.05) is 0 Å². The summed E-state index contributed by atoms with van der Waals surface area (Å²) >= 11 is 0. The molecular weight excluding hydrogens is 231 g/mol. The van der Waals surface area contributed by atoms with Crippen LogP contribution in [0.25, 0.3) is 0 Å². The molecule has 0 radical (unpaired) electrons. The Morgan fingerprint density at radius 3 is 2.94 bits per heavy atom. The third-order valence-corrected chi connectivity index (χ3v) is 2.38. The predicted molar refractivity (Wildman–Crippen MR) is 55.4 cm³/mol. The smallest absolute Gasteiger partial charge is 0.272 e. The van der Waals surface area contributed by atoms with E-state index in [2.05, 4.69) is 0 Å². The van der Waals surface area contributed by atoms with Crippen LogP contribution in [-0.4, -0.2) is 34.3 Å². The number of halogens is 1. The standard InChI is InChI=1S/C10H11FN2O4/c11-8-1-7(2-9(3-8)13(15)16)4-12-5-10(14)6-17-12/h1-3,10,14H,4-6H2/t10-/m0/s1. The minimum absolute atomic E-state index is 0.192. The number of hydroxylamine groups is 2. The molecule has 2 rings (SSSR count). The van der Waals surface area contributed by atoms with Gasteiger partial charge >= 0.3 is 0 Å². The molecular formula is C10H11FN2O4. The molecule has 0 spiro atoms. The molecule has 1 aromatic carbocycles. The van der Waals surface area contributed by atoms with Crippen molar-refractivity contribution in [2.24, 2.45) is 0 Å². The first-order valence-corrected chi connectivity index (χ1v) is 5.04. The fourth-order valence-corrected chi connectivity index (χ4v) is 1.68. The maximum Gasteiger partial charge on any atom is 0.272 e. The van der Waals surface area contributed by atoms with Gasteiger partial charge in [0.15, 0.2) is 0 Å². The highest BCUT2D eigenvalue weighted by atomic mass is 19.1. The number of aliphatic hydroxyl groups excluding tert-OH is 1. The van der Waals surface area contributed by atoms with E-state index in [0.29, 0.717) is 12.1 Å². The molecule has 1 atom stereocenters. The second kappa shape index (κ2) is 4.74. The molecule has 1 aliphatic heterocycles. The second-order valence-corrected chi connectivity index (χ2v) is 3.85. The van der Waals surface area contributed by atoms with Gasteiger partial charge in [-0.1, -0.05) is 0 Å². The zero-order valence-electron chi connectivity index (χ0n) is 8.88. The monoisotopic (exact) mass is 242 g/mol. The highest BCUT2D eigenvalue weighted by Crippen LogP contribution is 2.19. The summed E-state index contributed by atoms with van der Waals surface area (Å²) in [6.45, 7) is 0.706. The number of rotatable bonds is 3. The number of nitro groups is 1. The molecule has 0 saturated carbocycles. The Kier molecular flexibility index (Phi) is 3.32. The molecule has 7 heteroatoms. The van der Waals surface area contributed by atoms with Gasteiger partial charge in [-0.15, -0.1) is 0 Å². The van der Waals surface area contributed by atoms with Crippen molar-refractivity contribution >= 4 is 5.69 Å². The maximum atomic E-state index is 13.1. The average molecular weight is 242 g/mol. The lowest BCUT2D eigenvalue weighted by Crippen LogP contribution is -2.20. The van der Waals surface area contributed by atoms with Crippen molar-refractivity contribution in [3.05, 3.63) is 39.7 Å². The number of aliphatic hydroxyl groups is 1. The van der Waals surface area contributed by atoms with Crippen LogP contribution in [-0.2, 0) is 11.4 Å². The van der Waals surface area contributed by atoms with E-state index in [1.54, 1.807) is 0 Å². The first kappa shape index (κ1) is 11.9. The average Bonchev–Trinajstić information content (AvgIpc) is 2.63. The summed E-state index contributed by atoms with van der Waals surface area (Å²) in [5.74, 6) is -0.658. The van der Waals surface area contributed by atoms with Gasteiger partial charge < -0.3 is 5.11 Å². The van der Waals surface area contributed by atoms with Crippen LogP contribution in [0.4, 0.5) is 10.1 Å². The van der Waals surface area contributed by atoms with Crippen molar-refractivity contribution in [1.29, 1.82) is 0 Å². The van der Waals surface area contributed by atoms with Crippen LogP contribution in [0.15, 0.2) is 18.2 Å². The first-order valence-electron chi connectivity index (χ1n) is 5.04. The Hall–Kier alpha value is -1.57. The molecule has 1 aliphatic rings. The third kappa shape index (κ3) is 2.96. The largest absolute Gasteiger partial charge is 0.389 e. The van der Waals surface area contributed by atoms with Gasteiger partial charge in [-0.25, -0.2) is 4.39 Å². The fraction of sp³-hybridized carbons (Fsp3) is 0.400. The quantitative estimate of drug-likeness (QED) is 0.628. The Morgan fingerprint density at radius 2 is 2.35 bits per heavy atom. The highest BCUT2D eigenvalue weighted by Gasteiger charge is 2.22. The van der Waals surface area contributed by atoms with E-state index in [4.69, 9.17) is 4.84 Å². The highest BCUT2D eigenvalue weighted by molar-refractivity contribution is 5.35. The van der Waals surface area contributed by atoms with E-state index < -0.39 is 16.8 Å². The number of β-amino-alcohol motifs (C(OH)–C–C–N with tert-alkyl or cyclic N) is 1. The number of non-ortho nitro benzene ring substituents is 1. The summed E-state index contributed by atoms with van der Waals surface area (Å²) in [4.78, 5) is 15.0. The molecule has 1 fully saturated rings. The number of hydrogen-bond acceptors (Lipinski definition) is 5. The van der Waals surface area contributed by atoms with Crippen molar-refractivity contribution in [3.8, 4) is 0 Å². The van der Waals surface area contributed by atoms with E-state index in [9.17, 15) is 19.6 Å². The molecule has 92 valence electrons. The normalized spacial score (nSPS) is 20.7. The zero-order chi connectivity index (χ0) is 12.4. The minimum atomic E-state index is -0.658. The Balaban J connectivity index is 2.12. The van der Waals surface area contributed by atoms with E-state index in [-0.39, 0.29) is 18.8 Å². The summed E-state index contributed by atoms with van der Waals surface area (Å²) in [7, 11) is 0. The SMILES string of the molecule is O=[N+]([O-])c1cc(F)cc(CN2C[C@H](O)CO2)c1. The van der Waals surface area contributed by atoms with Gasteiger partial charge in [-0.2, -0.15) is 5.06 Å². The van der Waals surface area contributed by atoms with E-state index in [0.717, 1.165) is 6.07 Å². The number of nitro benzene ring substituents is 1. The van der Waals surface area contributed by atoms with Crippen molar-refractivity contribution < 1.29 is 19.3 Å². The van der Waals surface area contributed by atoms with Gasteiger partial charge in [-0.3, -0.25) is 15.0 Å². The lowest BCUT2D eigenvalue weighted by Gasteiger charge is -2.13. The van der Waals surface area contributed by atoms with Crippen LogP contribution in [0, 0.1) is 15.9 Å². The van der Waals surface area contributed by atoms with Crippen LogP contribution in [0.5, 0.6) is 0 Å². The summed E-state index contributed by atoms with van der Waals surface area (Å²) in [6.07, 6.45) is -0.571. The Labute approximate surface area is 96.3 Å². The predicted octanol–water partition coefficient (Wildman–Crippen LogP) is 0.842. The Morgan fingerprint density at radius 1 is 1.59 bits per heavy atom. The first-order chi connectivity index (χ1) is 8.04. The summed E-state index contributed by atoms with van der Waals surface area (Å²) in [6, 6.07) is 3.36. The second-order valence-electron chi connectivity index (χ2n) is 3.85.